The monoisotopic (exact) mass is 259 g/mol. The highest BCUT2D eigenvalue weighted by Crippen LogP contribution is 2.36. The number of rotatable bonds is 6. The van der Waals surface area contributed by atoms with Gasteiger partial charge in [0.1, 0.15) is 0 Å². The van der Waals surface area contributed by atoms with Gasteiger partial charge in [-0.25, -0.2) is 0 Å². The van der Waals surface area contributed by atoms with E-state index in [4.69, 9.17) is 17.0 Å². The van der Waals surface area contributed by atoms with E-state index in [1.165, 1.54) is 19.3 Å². The van der Waals surface area contributed by atoms with Crippen molar-refractivity contribution in [2.75, 3.05) is 47.9 Å². The third kappa shape index (κ3) is 3.79. The molecule has 0 aromatic heterocycles. The molecule has 1 N–H and O–H groups in total. The Morgan fingerprint density at radius 1 is 1.35 bits per heavy atom. The number of nitrogens with one attached hydrogen (secondary N) is 1. The second kappa shape index (κ2) is 6.52. The third-order valence-corrected chi connectivity index (χ3v) is 4.15. The first-order valence-corrected chi connectivity index (χ1v) is 6.58. The van der Waals surface area contributed by atoms with Crippen LogP contribution >= 0.6 is 12.2 Å². The van der Waals surface area contributed by atoms with Gasteiger partial charge in [-0.3, -0.25) is 0 Å². The highest BCUT2D eigenvalue weighted by molar-refractivity contribution is 7.80. The van der Waals surface area contributed by atoms with Crippen LogP contribution in [0.5, 0.6) is 0 Å². The minimum atomic E-state index is 0.321. The van der Waals surface area contributed by atoms with E-state index in [-0.39, 0.29) is 0 Å². The second-order valence-corrected chi connectivity index (χ2v) is 5.44. The number of likely N-dealkylation sites (N-methyl/N-ethyl adjacent to an activating group) is 2. The summed E-state index contributed by atoms with van der Waals surface area (Å²) in [5.74, 6) is 0. The number of hydrogen-bond acceptors (Lipinski definition) is 3. The summed E-state index contributed by atoms with van der Waals surface area (Å²) in [6.45, 7) is 2.46. The van der Waals surface area contributed by atoms with Crippen LogP contribution in [-0.4, -0.2) is 68.4 Å². The van der Waals surface area contributed by atoms with E-state index in [2.05, 4.69) is 36.3 Å². The zero-order chi connectivity index (χ0) is 12.9. The molecule has 1 saturated carbocycles. The van der Waals surface area contributed by atoms with Crippen LogP contribution in [0.3, 0.4) is 0 Å². The number of nitrogens with zero attached hydrogens (tertiary/aromatic N) is 2. The lowest BCUT2D eigenvalue weighted by Gasteiger charge is -2.49. The normalized spacial score (nSPS) is 17.7. The summed E-state index contributed by atoms with van der Waals surface area (Å²) in [6.07, 6.45) is 3.87. The van der Waals surface area contributed by atoms with Crippen molar-refractivity contribution in [1.82, 2.24) is 15.1 Å². The van der Waals surface area contributed by atoms with Crippen molar-refractivity contribution in [2.45, 2.75) is 24.8 Å². The molecular weight excluding hydrogens is 234 g/mol. The molecule has 0 heterocycles. The van der Waals surface area contributed by atoms with E-state index in [9.17, 15) is 0 Å². The van der Waals surface area contributed by atoms with Gasteiger partial charge in [0.2, 0.25) is 0 Å². The second-order valence-electron chi connectivity index (χ2n) is 5.05. The van der Waals surface area contributed by atoms with E-state index in [0.717, 1.165) is 18.2 Å². The fourth-order valence-electron chi connectivity index (χ4n) is 2.24. The van der Waals surface area contributed by atoms with Gasteiger partial charge in [0.05, 0.1) is 6.61 Å². The van der Waals surface area contributed by atoms with Crippen molar-refractivity contribution >= 4 is 17.3 Å². The maximum absolute atomic E-state index is 5.36. The molecule has 1 fully saturated rings. The van der Waals surface area contributed by atoms with Gasteiger partial charge in [0, 0.05) is 32.8 Å². The van der Waals surface area contributed by atoms with E-state index in [1.807, 2.05) is 0 Å². The molecule has 5 heteroatoms. The van der Waals surface area contributed by atoms with Crippen LogP contribution in [0.1, 0.15) is 19.3 Å². The average molecular weight is 259 g/mol. The van der Waals surface area contributed by atoms with Crippen LogP contribution in [0.2, 0.25) is 0 Å². The Labute approximate surface area is 110 Å². The van der Waals surface area contributed by atoms with Crippen LogP contribution in [0.4, 0.5) is 0 Å². The molecule has 17 heavy (non-hydrogen) atoms. The molecule has 0 unspecified atom stereocenters. The summed E-state index contributed by atoms with van der Waals surface area (Å²) in [4.78, 5) is 4.48. The molecule has 0 atom stereocenters. The van der Waals surface area contributed by atoms with Crippen molar-refractivity contribution in [3.63, 3.8) is 0 Å². The molecule has 1 aliphatic carbocycles. The molecule has 100 valence electrons. The smallest absolute Gasteiger partial charge is 0.168 e. The Hall–Kier alpha value is -0.390. The molecule has 0 aromatic carbocycles. The summed E-state index contributed by atoms with van der Waals surface area (Å²) in [5.41, 5.74) is 0.321. The summed E-state index contributed by atoms with van der Waals surface area (Å²) >= 11 is 5.36. The van der Waals surface area contributed by atoms with Crippen LogP contribution in [0.25, 0.3) is 0 Å². The minimum Gasteiger partial charge on any atom is -0.383 e. The Morgan fingerprint density at radius 3 is 2.41 bits per heavy atom. The lowest BCUT2D eigenvalue weighted by Crippen LogP contribution is -2.58. The predicted octanol–water partition coefficient (Wildman–Crippen LogP) is 0.923. The quantitative estimate of drug-likeness (QED) is 0.566. The van der Waals surface area contributed by atoms with Gasteiger partial charge in [-0.05, 0) is 45.6 Å². The molecule has 0 aromatic rings. The molecule has 0 saturated heterocycles. The highest BCUT2D eigenvalue weighted by Gasteiger charge is 2.40. The molecular formula is C12H25N3OS. The van der Waals surface area contributed by atoms with Gasteiger partial charge in [-0.2, -0.15) is 0 Å². The molecule has 0 bridgehead atoms. The lowest BCUT2D eigenvalue weighted by molar-refractivity contribution is 0.0428. The largest absolute Gasteiger partial charge is 0.383 e. The van der Waals surface area contributed by atoms with Crippen LogP contribution < -0.4 is 5.32 Å². The van der Waals surface area contributed by atoms with E-state index >= 15 is 0 Å². The fraction of sp³-hybridized carbons (Fsp3) is 0.917. The van der Waals surface area contributed by atoms with Gasteiger partial charge in [-0.1, -0.05) is 0 Å². The minimum absolute atomic E-state index is 0.321. The van der Waals surface area contributed by atoms with Crippen molar-refractivity contribution in [2.24, 2.45) is 0 Å². The van der Waals surface area contributed by atoms with Gasteiger partial charge < -0.3 is 19.9 Å². The standard InChI is InChI=1S/C12H25N3OS/c1-14(2)12(6-5-7-12)10-15(3)11(17)13-8-9-16-4/h5-10H2,1-4H3,(H,13,17). The van der Waals surface area contributed by atoms with Gasteiger partial charge in [0.15, 0.2) is 5.11 Å². The summed E-state index contributed by atoms with van der Waals surface area (Å²) in [7, 11) is 8.08. The van der Waals surface area contributed by atoms with E-state index in [0.29, 0.717) is 12.1 Å². The van der Waals surface area contributed by atoms with Crippen LogP contribution in [0, 0.1) is 0 Å². The predicted molar refractivity (Wildman–Crippen MR) is 75.4 cm³/mol. The molecule has 1 aliphatic rings. The summed E-state index contributed by atoms with van der Waals surface area (Å²) < 4.78 is 4.99. The average Bonchev–Trinajstić information content (AvgIpc) is 2.22. The van der Waals surface area contributed by atoms with Crippen molar-refractivity contribution < 1.29 is 4.74 Å². The lowest BCUT2D eigenvalue weighted by atomic mass is 9.75. The molecule has 0 aliphatic heterocycles. The van der Waals surface area contributed by atoms with Crippen LogP contribution in [-0.2, 0) is 4.74 Å². The van der Waals surface area contributed by atoms with E-state index in [1.54, 1.807) is 7.11 Å². The molecule has 0 spiro atoms. The zero-order valence-corrected chi connectivity index (χ0v) is 12.3. The first-order chi connectivity index (χ1) is 8.02. The fourth-order valence-corrected chi connectivity index (χ4v) is 2.41. The maximum Gasteiger partial charge on any atom is 0.168 e. The maximum atomic E-state index is 5.36. The topological polar surface area (TPSA) is 27.7 Å². The first-order valence-electron chi connectivity index (χ1n) is 6.17. The number of ether oxygens (including phenoxy) is 1. The van der Waals surface area contributed by atoms with Crippen molar-refractivity contribution in [3.05, 3.63) is 0 Å². The van der Waals surface area contributed by atoms with Gasteiger partial charge in [-0.15, -0.1) is 0 Å². The Kier molecular flexibility index (Phi) is 5.62. The molecule has 0 radical (unpaired) electrons. The number of hydrogen-bond donors (Lipinski definition) is 1. The van der Waals surface area contributed by atoms with Gasteiger partial charge in [0.25, 0.3) is 0 Å². The Bertz CT molecular complexity index is 254. The SMILES string of the molecule is COCCNC(=S)N(C)CC1(N(C)C)CCC1. The molecule has 0 amide bonds. The number of thiocarbonyl (C=S) groups is 1. The van der Waals surface area contributed by atoms with Crippen molar-refractivity contribution in [3.8, 4) is 0 Å². The zero-order valence-electron chi connectivity index (χ0n) is 11.5. The summed E-state index contributed by atoms with van der Waals surface area (Å²) in [5, 5.41) is 4.02. The van der Waals surface area contributed by atoms with Gasteiger partial charge >= 0.3 is 0 Å². The Balaban J connectivity index is 2.37. The van der Waals surface area contributed by atoms with E-state index < -0.39 is 0 Å². The molecule has 4 nitrogen and oxygen atoms in total. The number of methoxy groups -OCH3 is 1. The van der Waals surface area contributed by atoms with Crippen molar-refractivity contribution in [1.29, 1.82) is 0 Å². The van der Waals surface area contributed by atoms with Crippen LogP contribution in [0.15, 0.2) is 0 Å². The highest BCUT2D eigenvalue weighted by atomic mass is 32.1. The Morgan fingerprint density at radius 2 is 2.00 bits per heavy atom. The molecule has 1 rings (SSSR count). The third-order valence-electron chi connectivity index (χ3n) is 3.69. The first kappa shape index (κ1) is 14.7. The summed E-state index contributed by atoms with van der Waals surface area (Å²) in [6, 6.07) is 0.